The third-order valence-electron chi connectivity index (χ3n) is 4.66. The lowest BCUT2D eigenvalue weighted by atomic mass is 9.93. The van der Waals surface area contributed by atoms with Gasteiger partial charge in [0.05, 0.1) is 5.92 Å². The van der Waals surface area contributed by atoms with Crippen molar-refractivity contribution in [3.8, 4) is 11.1 Å². The van der Waals surface area contributed by atoms with Crippen LogP contribution in [0.3, 0.4) is 0 Å². The predicted octanol–water partition coefficient (Wildman–Crippen LogP) is 5.45. The van der Waals surface area contributed by atoms with Gasteiger partial charge >= 0.3 is 0 Å². The van der Waals surface area contributed by atoms with Gasteiger partial charge in [-0.15, -0.1) is 0 Å². The highest BCUT2D eigenvalue weighted by Crippen LogP contribution is 2.37. The second-order valence-electron chi connectivity index (χ2n) is 6.85. The molecule has 0 saturated carbocycles. The largest absolute Gasteiger partial charge is 0.370 e. The van der Waals surface area contributed by atoms with E-state index in [1.54, 1.807) is 13.0 Å². The van der Waals surface area contributed by atoms with Crippen molar-refractivity contribution in [1.29, 1.82) is 0 Å². The molecular weight excluding hydrogens is 344 g/mol. The Labute approximate surface area is 151 Å². The van der Waals surface area contributed by atoms with Crippen molar-refractivity contribution in [2.75, 3.05) is 18.0 Å². The van der Waals surface area contributed by atoms with Gasteiger partial charge in [-0.05, 0) is 54.8 Å². The minimum absolute atomic E-state index is 0.0659. The summed E-state index contributed by atoms with van der Waals surface area (Å²) in [4.78, 5) is 13.5. The van der Waals surface area contributed by atoms with Crippen LogP contribution in [0.25, 0.3) is 11.1 Å². The van der Waals surface area contributed by atoms with E-state index in [-0.39, 0.29) is 22.3 Å². The zero-order valence-electron chi connectivity index (χ0n) is 14.4. The molecule has 3 rings (SSSR count). The Balaban J connectivity index is 1.95. The van der Waals surface area contributed by atoms with Gasteiger partial charge < -0.3 is 4.90 Å². The van der Waals surface area contributed by atoms with E-state index in [2.05, 4.69) is 4.90 Å². The average Bonchev–Trinajstić information content (AvgIpc) is 2.43. The number of anilines is 1. The molecule has 0 bridgehead atoms. The number of ketones is 1. The number of aryl methyl sites for hydroxylation is 1. The van der Waals surface area contributed by atoms with Crippen molar-refractivity contribution in [3.63, 3.8) is 0 Å². The summed E-state index contributed by atoms with van der Waals surface area (Å²) in [6, 6.07) is 10.7. The number of nitrogens with zero attached hydrogens (tertiary/aromatic N) is 1. The SMILES string of the molecule is CC(=O)C1CN(c2cc(C)cc(-c3ccc(Cl)c(C(C)(F)F)c3)c2)C1. The number of Topliss-reactive ketones (excluding diaryl/α,β-unsaturated/α-hetero) is 1. The number of carbonyl (C=O) groups excluding carboxylic acids is 1. The van der Waals surface area contributed by atoms with E-state index < -0.39 is 5.92 Å². The molecule has 25 heavy (non-hydrogen) atoms. The first kappa shape index (κ1) is 17.9. The molecule has 2 nitrogen and oxygen atoms in total. The van der Waals surface area contributed by atoms with Crippen LogP contribution in [-0.2, 0) is 10.7 Å². The molecule has 0 spiro atoms. The minimum Gasteiger partial charge on any atom is -0.370 e. The first-order valence-corrected chi connectivity index (χ1v) is 8.58. The monoisotopic (exact) mass is 363 g/mol. The van der Waals surface area contributed by atoms with Gasteiger partial charge in [-0.25, -0.2) is 8.78 Å². The highest BCUT2D eigenvalue weighted by Gasteiger charge is 2.31. The number of carbonyl (C=O) groups is 1. The maximum Gasteiger partial charge on any atom is 0.271 e. The summed E-state index contributed by atoms with van der Waals surface area (Å²) in [5, 5.41) is 0.0659. The van der Waals surface area contributed by atoms with Crippen LogP contribution in [0.2, 0.25) is 5.02 Å². The van der Waals surface area contributed by atoms with Gasteiger partial charge in [-0.2, -0.15) is 0 Å². The lowest BCUT2D eigenvalue weighted by Crippen LogP contribution is -2.49. The quantitative estimate of drug-likeness (QED) is 0.719. The van der Waals surface area contributed by atoms with Crippen LogP contribution >= 0.6 is 11.6 Å². The average molecular weight is 364 g/mol. The number of halogens is 3. The van der Waals surface area contributed by atoms with Gasteiger partial charge in [-0.1, -0.05) is 23.7 Å². The topological polar surface area (TPSA) is 20.3 Å². The molecule has 0 aromatic heterocycles. The first-order chi connectivity index (χ1) is 11.6. The molecule has 2 aromatic rings. The number of hydrogen-bond donors (Lipinski definition) is 0. The number of hydrogen-bond acceptors (Lipinski definition) is 2. The summed E-state index contributed by atoms with van der Waals surface area (Å²) in [5.74, 6) is -2.70. The van der Waals surface area contributed by atoms with E-state index in [1.165, 1.54) is 12.1 Å². The molecule has 1 saturated heterocycles. The summed E-state index contributed by atoms with van der Waals surface area (Å²) >= 11 is 5.94. The summed E-state index contributed by atoms with van der Waals surface area (Å²) < 4.78 is 27.5. The first-order valence-electron chi connectivity index (χ1n) is 8.20. The normalized spacial score (nSPS) is 15.2. The standard InChI is InChI=1S/C20H20ClF2NO/c1-12-6-15(8-17(7-12)24-10-16(11-24)13(2)25)14-4-5-19(21)18(9-14)20(3,22)23/h4-9,16H,10-11H2,1-3H3. The molecule has 0 unspecified atom stereocenters. The van der Waals surface area contributed by atoms with E-state index in [9.17, 15) is 13.6 Å². The van der Waals surface area contributed by atoms with E-state index in [0.717, 1.165) is 23.7 Å². The number of alkyl halides is 2. The van der Waals surface area contributed by atoms with Crippen LogP contribution in [0.5, 0.6) is 0 Å². The van der Waals surface area contributed by atoms with Crippen molar-refractivity contribution in [2.45, 2.75) is 26.7 Å². The third-order valence-corrected chi connectivity index (χ3v) is 4.99. The van der Waals surface area contributed by atoms with Crippen molar-refractivity contribution < 1.29 is 13.6 Å². The second kappa shape index (κ2) is 6.41. The molecule has 1 aliphatic heterocycles. The fourth-order valence-electron chi connectivity index (χ4n) is 3.10. The summed E-state index contributed by atoms with van der Waals surface area (Å²) in [7, 11) is 0. The zero-order valence-corrected chi connectivity index (χ0v) is 15.2. The molecule has 2 aromatic carbocycles. The summed E-state index contributed by atoms with van der Waals surface area (Å²) in [6.45, 7) is 5.85. The molecule has 0 atom stereocenters. The Morgan fingerprint density at radius 1 is 1.16 bits per heavy atom. The van der Waals surface area contributed by atoms with Crippen LogP contribution in [0, 0.1) is 12.8 Å². The molecule has 0 radical (unpaired) electrons. The maximum absolute atomic E-state index is 13.8. The molecule has 132 valence electrons. The molecule has 1 aliphatic rings. The molecule has 0 aliphatic carbocycles. The van der Waals surface area contributed by atoms with Gasteiger partial charge in [0.1, 0.15) is 5.78 Å². The van der Waals surface area contributed by atoms with E-state index in [1.807, 2.05) is 25.1 Å². The Hall–Kier alpha value is -1.94. The van der Waals surface area contributed by atoms with Gasteiger partial charge in [0.15, 0.2) is 0 Å². The smallest absolute Gasteiger partial charge is 0.271 e. The predicted molar refractivity (Wildman–Crippen MR) is 97.6 cm³/mol. The van der Waals surface area contributed by atoms with Crippen LogP contribution < -0.4 is 4.90 Å². The third kappa shape index (κ3) is 3.69. The van der Waals surface area contributed by atoms with Crippen molar-refractivity contribution in [1.82, 2.24) is 0 Å². The Bertz CT molecular complexity index is 823. The molecule has 0 N–H and O–H groups in total. The lowest BCUT2D eigenvalue weighted by Gasteiger charge is -2.40. The van der Waals surface area contributed by atoms with Gasteiger partial charge in [0.2, 0.25) is 0 Å². The van der Waals surface area contributed by atoms with Gasteiger partial charge in [-0.3, -0.25) is 4.79 Å². The molecule has 0 amide bonds. The summed E-state index contributed by atoms with van der Waals surface area (Å²) in [6.07, 6.45) is 0. The fourth-order valence-corrected chi connectivity index (χ4v) is 3.38. The Morgan fingerprint density at radius 3 is 2.44 bits per heavy atom. The Morgan fingerprint density at radius 2 is 1.84 bits per heavy atom. The maximum atomic E-state index is 13.8. The van der Waals surface area contributed by atoms with Crippen LogP contribution in [0.15, 0.2) is 36.4 Å². The van der Waals surface area contributed by atoms with Gasteiger partial charge in [0, 0.05) is 36.3 Å². The van der Waals surface area contributed by atoms with Crippen molar-refractivity contribution in [3.05, 3.63) is 52.5 Å². The molecule has 1 heterocycles. The lowest BCUT2D eigenvalue weighted by molar-refractivity contribution is -0.121. The van der Waals surface area contributed by atoms with Crippen LogP contribution in [0.4, 0.5) is 14.5 Å². The fraction of sp³-hybridized carbons (Fsp3) is 0.350. The molecular formula is C20H20ClF2NO. The van der Waals surface area contributed by atoms with Crippen molar-refractivity contribution >= 4 is 23.1 Å². The van der Waals surface area contributed by atoms with E-state index >= 15 is 0 Å². The van der Waals surface area contributed by atoms with Crippen molar-refractivity contribution in [2.24, 2.45) is 5.92 Å². The van der Waals surface area contributed by atoms with E-state index in [0.29, 0.717) is 18.7 Å². The number of rotatable bonds is 4. The highest BCUT2D eigenvalue weighted by molar-refractivity contribution is 6.31. The summed E-state index contributed by atoms with van der Waals surface area (Å²) in [5.41, 5.74) is 3.44. The molecule has 1 fully saturated rings. The van der Waals surface area contributed by atoms with E-state index in [4.69, 9.17) is 11.6 Å². The molecule has 5 heteroatoms. The minimum atomic E-state index is -2.99. The van der Waals surface area contributed by atoms with Gasteiger partial charge in [0.25, 0.3) is 5.92 Å². The zero-order chi connectivity index (χ0) is 18.4. The highest BCUT2D eigenvalue weighted by atomic mass is 35.5. The Kier molecular flexibility index (Phi) is 4.58. The van der Waals surface area contributed by atoms with Crippen LogP contribution in [0.1, 0.15) is 25.0 Å². The number of benzene rings is 2. The van der Waals surface area contributed by atoms with Crippen LogP contribution in [-0.4, -0.2) is 18.9 Å². The second-order valence-corrected chi connectivity index (χ2v) is 7.26.